The highest BCUT2D eigenvalue weighted by atomic mass is 35.5. The number of nitrogens with one attached hydrogen (secondary N) is 2. The SMILES string of the molecule is O=C1Nc2ccc(Cl)cc2C(CNC(=O)c2ccno2)(C(F)(F)F)O1. The van der Waals surface area contributed by atoms with Gasteiger partial charge in [0.05, 0.1) is 18.4 Å². The summed E-state index contributed by atoms with van der Waals surface area (Å²) in [7, 11) is 0. The summed E-state index contributed by atoms with van der Waals surface area (Å²) in [6, 6.07) is 4.73. The van der Waals surface area contributed by atoms with Gasteiger partial charge in [0.15, 0.2) is 0 Å². The van der Waals surface area contributed by atoms with Crippen LogP contribution < -0.4 is 10.6 Å². The first kappa shape index (κ1) is 17.1. The second-order valence-electron chi connectivity index (χ2n) is 5.09. The molecule has 1 unspecified atom stereocenters. The first-order valence-corrected chi connectivity index (χ1v) is 7.16. The number of hydrogen-bond acceptors (Lipinski definition) is 5. The summed E-state index contributed by atoms with van der Waals surface area (Å²) in [4.78, 5) is 23.5. The molecule has 7 nitrogen and oxygen atoms in total. The predicted octanol–water partition coefficient (Wildman–Crippen LogP) is 3.08. The fourth-order valence-corrected chi connectivity index (χ4v) is 2.55. The maximum atomic E-state index is 13.8. The molecule has 1 aromatic heterocycles. The molecule has 11 heteroatoms. The van der Waals surface area contributed by atoms with Crippen molar-refractivity contribution in [2.24, 2.45) is 0 Å². The van der Waals surface area contributed by atoms with Crippen LogP contribution in [-0.2, 0) is 10.3 Å². The van der Waals surface area contributed by atoms with E-state index in [4.69, 9.17) is 11.6 Å². The van der Waals surface area contributed by atoms with Gasteiger partial charge < -0.3 is 14.6 Å². The number of aromatic nitrogens is 1. The molecule has 0 fully saturated rings. The molecule has 2 amide bonds. The van der Waals surface area contributed by atoms with Crippen molar-refractivity contribution in [2.45, 2.75) is 11.8 Å². The number of rotatable bonds is 3. The van der Waals surface area contributed by atoms with Crippen LogP contribution in [0.5, 0.6) is 0 Å². The van der Waals surface area contributed by atoms with Crippen molar-refractivity contribution in [3.8, 4) is 0 Å². The number of carbonyl (C=O) groups is 2. The van der Waals surface area contributed by atoms with Crippen LogP contribution in [-0.4, -0.2) is 29.9 Å². The maximum Gasteiger partial charge on any atom is 0.434 e. The van der Waals surface area contributed by atoms with Gasteiger partial charge in [-0.1, -0.05) is 16.8 Å². The second kappa shape index (κ2) is 5.96. The van der Waals surface area contributed by atoms with E-state index in [0.717, 1.165) is 12.3 Å². The Morgan fingerprint density at radius 2 is 2.12 bits per heavy atom. The Morgan fingerprint density at radius 3 is 2.76 bits per heavy atom. The summed E-state index contributed by atoms with van der Waals surface area (Å²) >= 11 is 5.79. The van der Waals surface area contributed by atoms with Gasteiger partial charge in [-0.15, -0.1) is 0 Å². The lowest BCUT2D eigenvalue weighted by atomic mass is 9.89. The number of amides is 2. The van der Waals surface area contributed by atoms with Crippen LogP contribution in [0.3, 0.4) is 0 Å². The first-order chi connectivity index (χ1) is 11.7. The predicted molar refractivity (Wildman–Crippen MR) is 78.1 cm³/mol. The number of hydrogen-bond donors (Lipinski definition) is 2. The second-order valence-corrected chi connectivity index (χ2v) is 5.52. The van der Waals surface area contributed by atoms with Crippen molar-refractivity contribution in [3.05, 3.63) is 46.8 Å². The number of halogens is 4. The summed E-state index contributed by atoms with van der Waals surface area (Å²) in [6.07, 6.45) is -5.17. The Hall–Kier alpha value is -2.75. The van der Waals surface area contributed by atoms with Crippen LogP contribution in [0.1, 0.15) is 16.1 Å². The van der Waals surface area contributed by atoms with Crippen LogP contribution in [0, 0.1) is 0 Å². The molecule has 2 heterocycles. The van der Waals surface area contributed by atoms with Crippen molar-refractivity contribution in [3.63, 3.8) is 0 Å². The van der Waals surface area contributed by atoms with E-state index in [0.29, 0.717) is 0 Å². The number of ether oxygens (including phenoxy) is 1. The number of cyclic esters (lactones) is 1. The van der Waals surface area contributed by atoms with E-state index in [9.17, 15) is 22.8 Å². The van der Waals surface area contributed by atoms with Gasteiger partial charge in [0.2, 0.25) is 5.76 Å². The molecular weight excluding hydrogens is 367 g/mol. The Bertz CT molecular complexity index is 825. The third-order valence-corrected chi connectivity index (χ3v) is 3.77. The fourth-order valence-electron chi connectivity index (χ4n) is 2.38. The molecule has 0 radical (unpaired) electrons. The van der Waals surface area contributed by atoms with E-state index in [1.165, 1.54) is 18.2 Å². The largest absolute Gasteiger partial charge is 0.434 e. The fraction of sp³-hybridized carbons (Fsp3) is 0.214. The molecule has 0 saturated heterocycles. The summed E-state index contributed by atoms with van der Waals surface area (Å²) < 4.78 is 50.7. The standard InChI is InChI=1S/C14H9ClF3N3O4/c15-7-1-2-9-8(5-7)13(14(16,17)18,24-12(23)21-9)6-19-11(22)10-3-4-20-25-10/h1-5H,6H2,(H,19,22)(H,21,23). The monoisotopic (exact) mass is 375 g/mol. The van der Waals surface area contributed by atoms with E-state index < -0.39 is 35.9 Å². The number of benzene rings is 1. The molecule has 3 rings (SSSR count). The van der Waals surface area contributed by atoms with E-state index >= 15 is 0 Å². The maximum absolute atomic E-state index is 13.8. The van der Waals surface area contributed by atoms with Crippen molar-refractivity contribution < 1.29 is 32.0 Å². The lowest BCUT2D eigenvalue weighted by molar-refractivity contribution is -0.261. The van der Waals surface area contributed by atoms with Gasteiger partial charge in [0.25, 0.3) is 11.5 Å². The summed E-state index contributed by atoms with van der Waals surface area (Å²) in [6.45, 7) is -1.07. The molecule has 1 atom stereocenters. The van der Waals surface area contributed by atoms with Crippen LogP contribution >= 0.6 is 11.6 Å². The summed E-state index contributed by atoms with van der Waals surface area (Å²) in [5.41, 5.74) is -3.65. The van der Waals surface area contributed by atoms with E-state index in [2.05, 4.69) is 19.7 Å². The number of carbonyl (C=O) groups excluding carboxylic acids is 2. The number of alkyl halides is 3. The third kappa shape index (κ3) is 3.00. The molecule has 2 N–H and O–H groups in total. The summed E-state index contributed by atoms with van der Waals surface area (Å²) in [5, 5.41) is 7.51. The zero-order valence-electron chi connectivity index (χ0n) is 12.2. The Morgan fingerprint density at radius 1 is 1.36 bits per heavy atom. The molecule has 132 valence electrons. The Labute approximate surface area is 143 Å². The quantitative estimate of drug-likeness (QED) is 0.860. The minimum absolute atomic E-state index is 0.00804. The van der Waals surface area contributed by atoms with Gasteiger partial charge in [-0.3, -0.25) is 10.1 Å². The minimum Gasteiger partial charge on any atom is -0.426 e. The van der Waals surface area contributed by atoms with E-state index in [1.807, 2.05) is 5.32 Å². The number of fused-ring (bicyclic) bond motifs is 1. The van der Waals surface area contributed by atoms with Crippen molar-refractivity contribution in [1.82, 2.24) is 10.5 Å². The van der Waals surface area contributed by atoms with Crippen LogP contribution in [0.15, 0.2) is 35.0 Å². The average Bonchev–Trinajstić information content (AvgIpc) is 3.06. The zero-order chi connectivity index (χ0) is 18.2. The molecule has 1 aliphatic heterocycles. The smallest absolute Gasteiger partial charge is 0.426 e. The van der Waals surface area contributed by atoms with Gasteiger partial charge in [-0.25, -0.2) is 4.79 Å². The molecule has 0 saturated carbocycles. The van der Waals surface area contributed by atoms with Crippen molar-refractivity contribution in [2.75, 3.05) is 11.9 Å². The van der Waals surface area contributed by atoms with Gasteiger partial charge >= 0.3 is 12.3 Å². The average molecular weight is 376 g/mol. The number of nitrogens with zero attached hydrogens (tertiary/aromatic N) is 1. The minimum atomic E-state index is -5.03. The highest BCUT2D eigenvalue weighted by Crippen LogP contribution is 2.47. The van der Waals surface area contributed by atoms with Crippen molar-refractivity contribution >= 4 is 29.3 Å². The van der Waals surface area contributed by atoms with E-state index in [-0.39, 0.29) is 16.5 Å². The van der Waals surface area contributed by atoms with Crippen LogP contribution in [0.2, 0.25) is 5.02 Å². The molecular formula is C14H9ClF3N3O4. The van der Waals surface area contributed by atoms with Gasteiger partial charge in [-0.2, -0.15) is 13.2 Å². The summed E-state index contributed by atoms with van der Waals surface area (Å²) in [5.74, 6) is -1.23. The number of anilines is 1. The Balaban J connectivity index is 2.01. The van der Waals surface area contributed by atoms with Gasteiger partial charge in [-0.05, 0) is 18.2 Å². The molecule has 25 heavy (non-hydrogen) atoms. The molecule has 1 aliphatic rings. The highest BCUT2D eigenvalue weighted by Gasteiger charge is 2.62. The Kier molecular flexibility index (Phi) is 4.07. The molecule has 1 aromatic carbocycles. The first-order valence-electron chi connectivity index (χ1n) is 6.78. The molecule has 0 aliphatic carbocycles. The zero-order valence-corrected chi connectivity index (χ0v) is 12.9. The van der Waals surface area contributed by atoms with E-state index in [1.54, 1.807) is 0 Å². The molecule has 2 aromatic rings. The van der Waals surface area contributed by atoms with Gasteiger partial charge in [0, 0.05) is 16.7 Å². The molecule has 0 bridgehead atoms. The van der Waals surface area contributed by atoms with Gasteiger partial charge in [0.1, 0.15) is 0 Å². The lowest BCUT2D eigenvalue weighted by Gasteiger charge is -2.39. The third-order valence-electron chi connectivity index (χ3n) is 3.54. The highest BCUT2D eigenvalue weighted by molar-refractivity contribution is 6.30. The van der Waals surface area contributed by atoms with Crippen molar-refractivity contribution in [1.29, 1.82) is 0 Å². The topological polar surface area (TPSA) is 93.5 Å². The molecule has 0 spiro atoms. The normalized spacial score (nSPS) is 19.6. The van der Waals surface area contributed by atoms with Crippen LogP contribution in [0.25, 0.3) is 0 Å². The van der Waals surface area contributed by atoms with Crippen LogP contribution in [0.4, 0.5) is 23.7 Å². The lowest BCUT2D eigenvalue weighted by Crippen LogP contribution is -2.56.